The molecule has 0 saturated heterocycles. The second kappa shape index (κ2) is 21.0. The maximum atomic E-state index is 13.3. The maximum Gasteiger partial charge on any atom is 0.329 e. The van der Waals surface area contributed by atoms with Gasteiger partial charge in [-0.25, -0.2) is 4.79 Å². The van der Waals surface area contributed by atoms with Crippen LogP contribution in [0.3, 0.4) is 0 Å². The Balaban J connectivity index is 3.02. The molecule has 2 amide bonds. The van der Waals surface area contributed by atoms with Crippen molar-refractivity contribution < 1.29 is 47.3 Å². The first-order chi connectivity index (χ1) is 19.6. The van der Waals surface area contributed by atoms with E-state index in [0.29, 0.717) is 12.8 Å². The lowest BCUT2D eigenvalue weighted by Gasteiger charge is -2.24. The van der Waals surface area contributed by atoms with Gasteiger partial charge in [0.1, 0.15) is 6.04 Å². The van der Waals surface area contributed by atoms with Crippen LogP contribution in [0.1, 0.15) is 57.8 Å². The number of hydrogen-bond donors (Lipinski definition) is 4. The van der Waals surface area contributed by atoms with Gasteiger partial charge in [0.05, 0.1) is 22.1 Å². The average molecular weight is 654 g/mol. The molecule has 1 aliphatic rings. The first-order valence-electron chi connectivity index (χ1n) is 12.8. The zero-order valence-electron chi connectivity index (χ0n) is 22.6. The minimum atomic E-state index is -1.71. The number of esters is 1. The molecule has 1 aliphatic carbocycles. The van der Waals surface area contributed by atoms with E-state index in [0.717, 1.165) is 27.7 Å². The normalized spacial score (nSPS) is 15.7. The highest BCUT2D eigenvalue weighted by Gasteiger charge is 2.39. The van der Waals surface area contributed by atoms with Crippen molar-refractivity contribution in [3.05, 3.63) is 0 Å². The highest BCUT2D eigenvalue weighted by Crippen LogP contribution is 2.16. The molecule has 18 heteroatoms. The van der Waals surface area contributed by atoms with Crippen LogP contribution in [0.4, 0.5) is 0 Å². The van der Waals surface area contributed by atoms with E-state index in [9.17, 15) is 33.6 Å². The summed E-state index contributed by atoms with van der Waals surface area (Å²) < 4.78 is 14.4. The molecule has 1 saturated carbocycles. The van der Waals surface area contributed by atoms with Gasteiger partial charge < -0.3 is 24.4 Å². The number of unbranched alkanes of at least 4 members (excludes halogenated alkanes) is 2. The molecule has 0 aromatic rings. The van der Waals surface area contributed by atoms with Crippen LogP contribution in [-0.4, -0.2) is 84.8 Å². The first-order valence-corrected chi connectivity index (χ1v) is 15.4. The zero-order chi connectivity index (χ0) is 30.8. The Morgan fingerprint density at radius 1 is 0.927 bits per heavy atom. The molecular weight excluding hydrogens is 616 g/mol. The highest BCUT2D eigenvalue weighted by atomic mass is 31.1. The number of amides is 2. The zero-order valence-corrected chi connectivity index (χ0v) is 26.9. The Kier molecular flexibility index (Phi) is 19.1. The Morgan fingerprint density at radius 2 is 1.61 bits per heavy atom. The van der Waals surface area contributed by atoms with Crippen molar-refractivity contribution in [3.63, 3.8) is 0 Å². The van der Waals surface area contributed by atoms with Gasteiger partial charge in [0.15, 0.2) is 23.4 Å². The quantitative estimate of drug-likeness (QED) is 0.0555. The van der Waals surface area contributed by atoms with Gasteiger partial charge in [-0.05, 0) is 27.6 Å². The average Bonchev–Trinajstić information content (AvgIpc) is 3.27. The fourth-order valence-corrected chi connectivity index (χ4v) is 4.65. The van der Waals surface area contributed by atoms with Crippen LogP contribution < -0.4 is 20.8 Å². The number of ether oxygens (including phenoxy) is 1. The van der Waals surface area contributed by atoms with E-state index < -0.39 is 65.3 Å². The minimum Gasteiger partial charge on any atom is -0.452 e. The van der Waals surface area contributed by atoms with Crippen molar-refractivity contribution >= 4 is 84.1 Å². The number of nitrogens with one attached hydrogen (secondary N) is 4. The molecule has 0 radical (unpaired) electrons. The number of rotatable bonds is 21. The Morgan fingerprint density at radius 3 is 2.20 bits per heavy atom. The van der Waals surface area contributed by atoms with Crippen LogP contribution in [0.2, 0.25) is 0 Å². The van der Waals surface area contributed by atoms with E-state index in [1.165, 1.54) is 0 Å². The third-order valence-electron chi connectivity index (χ3n) is 6.05. The Labute approximate surface area is 247 Å². The maximum absolute atomic E-state index is 13.3. The summed E-state index contributed by atoms with van der Waals surface area (Å²) in [7, 11) is 6.80. The fourth-order valence-electron chi connectivity index (χ4n) is 3.78. The van der Waals surface area contributed by atoms with E-state index in [1.807, 2.05) is 9.47 Å². The van der Waals surface area contributed by atoms with E-state index >= 15 is 0 Å². The lowest BCUT2D eigenvalue weighted by atomic mass is 10.0. The molecule has 1 rings (SSSR count). The first kappa shape index (κ1) is 37.3. The predicted molar refractivity (Wildman–Crippen MR) is 160 cm³/mol. The molecule has 1 fully saturated rings. The molecule has 6 atom stereocenters. The van der Waals surface area contributed by atoms with Crippen LogP contribution in [0.5, 0.6) is 0 Å². The fraction of sp³-hybridized carbons (Fsp3) is 0.652. The largest absolute Gasteiger partial charge is 0.452 e. The van der Waals surface area contributed by atoms with Crippen LogP contribution >= 0.6 is 36.7 Å². The molecule has 0 bridgehead atoms. The lowest BCUT2D eigenvalue weighted by Crippen LogP contribution is -2.58. The molecule has 0 spiro atoms. The smallest absolute Gasteiger partial charge is 0.329 e. The summed E-state index contributed by atoms with van der Waals surface area (Å²) in [6, 6.07) is -3.97. The minimum absolute atomic E-state index is 0.0629. The van der Waals surface area contributed by atoms with Crippen LogP contribution in [-0.2, 0) is 47.3 Å². The van der Waals surface area contributed by atoms with Crippen molar-refractivity contribution in [1.29, 1.82) is 0 Å². The van der Waals surface area contributed by atoms with Crippen LogP contribution in [0.15, 0.2) is 0 Å². The molecule has 0 aliphatic heterocycles. The third kappa shape index (κ3) is 13.8. The monoisotopic (exact) mass is 654 g/mol. The molecule has 0 aromatic carbocycles. The van der Waals surface area contributed by atoms with Gasteiger partial charge in [-0.2, -0.15) is 0 Å². The van der Waals surface area contributed by atoms with Gasteiger partial charge >= 0.3 is 11.9 Å². The molecule has 14 nitrogen and oxygen atoms in total. The number of Topliss-reactive ketones (excluding diaryl/α,β-unsaturated/α-hetero) is 3. The standard InChI is InChI=1S/C23H38N4O10P4/c1-41-24-11-4-2-3-5-13(27-38)21(32)26-19(15(28)10-12-35-39)22(33)25-14(6-9-18(31)37-40)23(34)36-20-16(29)7-8-17(20)30/h13-14,19-20,24,27H,1-12,38-40H2,(H,25,33)(H,26,32)/t13-,14?,19?/m0/s1. The van der Waals surface area contributed by atoms with E-state index in [2.05, 4.69) is 41.0 Å². The molecule has 5 unspecified atom stereocenters. The van der Waals surface area contributed by atoms with Crippen molar-refractivity contribution in [2.24, 2.45) is 0 Å². The summed E-state index contributed by atoms with van der Waals surface area (Å²) in [5.41, 5.74) is 0. The predicted octanol–water partition coefficient (Wildman–Crippen LogP) is -0.129. The highest BCUT2D eigenvalue weighted by molar-refractivity contribution is 7.34. The van der Waals surface area contributed by atoms with Crippen molar-refractivity contribution in [1.82, 2.24) is 20.8 Å². The second-order valence-electron chi connectivity index (χ2n) is 9.00. The third-order valence-corrected chi connectivity index (χ3v) is 7.40. The SMILES string of the molecule is C=PNCCCCC[C@H](NP)C(=O)NC(C(=O)CCOP)C(=O)NC(CCC(=O)OP)C(=O)OC1C(=O)CCC1=O. The summed E-state index contributed by atoms with van der Waals surface area (Å²) in [4.78, 5) is 87.6. The van der Waals surface area contributed by atoms with Gasteiger partial charge in [-0.1, -0.05) is 28.5 Å². The molecule has 230 valence electrons. The van der Waals surface area contributed by atoms with Crippen LogP contribution in [0.25, 0.3) is 0 Å². The van der Waals surface area contributed by atoms with Gasteiger partial charge in [0.2, 0.25) is 12.0 Å². The molecule has 41 heavy (non-hydrogen) atoms. The Hall–Kier alpha value is -1.77. The second-order valence-corrected chi connectivity index (χ2v) is 10.5. The number of carbonyl (C=O) groups is 7. The van der Waals surface area contributed by atoms with Gasteiger partial charge in [-0.15, -0.1) is 0 Å². The van der Waals surface area contributed by atoms with Gasteiger partial charge in [-0.3, -0.25) is 38.9 Å². The van der Waals surface area contributed by atoms with Crippen molar-refractivity contribution in [3.8, 4) is 0 Å². The van der Waals surface area contributed by atoms with Crippen molar-refractivity contribution in [2.45, 2.75) is 82.0 Å². The number of ketones is 3. The van der Waals surface area contributed by atoms with Gasteiger partial charge in [0, 0.05) is 41.7 Å². The molecule has 4 N–H and O–H groups in total. The summed E-state index contributed by atoms with van der Waals surface area (Å²) in [6.45, 7) is 0.721. The summed E-state index contributed by atoms with van der Waals surface area (Å²) in [5.74, 6) is -5.40. The van der Waals surface area contributed by atoms with Crippen LogP contribution in [0, 0.1) is 0 Å². The lowest BCUT2D eigenvalue weighted by molar-refractivity contribution is -0.160. The summed E-state index contributed by atoms with van der Waals surface area (Å²) in [6.07, 6.45) is 3.84. The van der Waals surface area contributed by atoms with E-state index in [-0.39, 0.29) is 38.7 Å². The molecular formula is C23H38N4O10P4. The van der Waals surface area contributed by atoms with Crippen molar-refractivity contribution in [2.75, 3.05) is 13.2 Å². The van der Waals surface area contributed by atoms with Gasteiger partial charge in [0.25, 0.3) is 5.91 Å². The number of hydrogen-bond acceptors (Lipinski definition) is 12. The van der Waals surface area contributed by atoms with E-state index in [4.69, 9.17) is 9.26 Å². The molecule has 0 aromatic heterocycles. The Bertz CT molecular complexity index is 955. The van der Waals surface area contributed by atoms with E-state index in [1.54, 1.807) is 9.47 Å². The summed E-state index contributed by atoms with van der Waals surface area (Å²) in [5, 5.41) is 10.6. The molecule has 0 heterocycles. The number of carbonyl (C=O) groups excluding carboxylic acids is 7. The summed E-state index contributed by atoms with van der Waals surface area (Å²) >= 11 is 0. The topological polar surface area (TPSA) is 195 Å².